The maximum atomic E-state index is 11.6. The van der Waals surface area contributed by atoms with Crippen molar-refractivity contribution in [1.82, 2.24) is 25.4 Å². The quantitative estimate of drug-likeness (QED) is 0.692. The van der Waals surface area contributed by atoms with Gasteiger partial charge in [-0.1, -0.05) is 0 Å². The fourth-order valence-electron chi connectivity index (χ4n) is 2.20. The molecule has 0 radical (unpaired) electrons. The standard InChI is InChI=1S/C11H20N6O/c1-17-6-3-8(4-7-17)2-5-13-10(18)9-14-11(12)16-15-9/h8H,2-7H2,1H3,(H,13,18)(H3,12,14,15,16). The molecule has 0 spiro atoms. The van der Waals surface area contributed by atoms with Gasteiger partial charge in [-0.25, -0.2) is 0 Å². The fourth-order valence-corrected chi connectivity index (χ4v) is 2.20. The van der Waals surface area contributed by atoms with E-state index in [1.54, 1.807) is 0 Å². The number of aromatic amines is 1. The van der Waals surface area contributed by atoms with Gasteiger partial charge < -0.3 is 16.0 Å². The number of hydrogen-bond donors (Lipinski definition) is 3. The lowest BCUT2D eigenvalue weighted by molar-refractivity contribution is 0.0939. The number of nitrogen functional groups attached to an aromatic ring is 1. The van der Waals surface area contributed by atoms with Gasteiger partial charge in [-0.2, -0.15) is 4.98 Å². The second kappa shape index (κ2) is 5.81. The van der Waals surface area contributed by atoms with Crippen LogP contribution >= 0.6 is 0 Å². The Hall–Kier alpha value is -1.63. The molecule has 100 valence electrons. The van der Waals surface area contributed by atoms with Crippen LogP contribution in [0, 0.1) is 5.92 Å². The Morgan fingerprint density at radius 1 is 1.56 bits per heavy atom. The van der Waals surface area contributed by atoms with Crippen LogP contribution in [0.15, 0.2) is 0 Å². The van der Waals surface area contributed by atoms with Gasteiger partial charge in [0.15, 0.2) is 0 Å². The van der Waals surface area contributed by atoms with Crippen molar-refractivity contribution in [2.75, 3.05) is 32.4 Å². The average molecular weight is 252 g/mol. The van der Waals surface area contributed by atoms with Crippen molar-refractivity contribution in [3.05, 3.63) is 5.82 Å². The van der Waals surface area contributed by atoms with Gasteiger partial charge in [-0.15, -0.1) is 5.10 Å². The molecule has 1 saturated heterocycles. The summed E-state index contributed by atoms with van der Waals surface area (Å²) in [5.41, 5.74) is 5.34. The van der Waals surface area contributed by atoms with Gasteiger partial charge in [0.05, 0.1) is 0 Å². The number of piperidine rings is 1. The summed E-state index contributed by atoms with van der Waals surface area (Å²) >= 11 is 0. The molecule has 0 saturated carbocycles. The van der Waals surface area contributed by atoms with Gasteiger partial charge in [-0.3, -0.25) is 9.89 Å². The molecule has 7 heteroatoms. The molecule has 1 fully saturated rings. The number of nitrogens with two attached hydrogens (primary N) is 1. The van der Waals surface area contributed by atoms with Crippen LogP contribution in [-0.4, -0.2) is 52.7 Å². The Balaban J connectivity index is 1.67. The number of nitrogens with one attached hydrogen (secondary N) is 2. The molecule has 7 nitrogen and oxygen atoms in total. The molecule has 1 aliphatic rings. The highest BCUT2D eigenvalue weighted by Crippen LogP contribution is 2.18. The van der Waals surface area contributed by atoms with E-state index in [-0.39, 0.29) is 17.7 Å². The van der Waals surface area contributed by atoms with E-state index in [1.165, 1.54) is 12.8 Å². The van der Waals surface area contributed by atoms with E-state index < -0.39 is 0 Å². The van der Waals surface area contributed by atoms with Crippen LogP contribution in [0.2, 0.25) is 0 Å². The number of likely N-dealkylation sites (tertiary alicyclic amines) is 1. The Kier molecular flexibility index (Phi) is 4.14. The van der Waals surface area contributed by atoms with E-state index in [2.05, 4.69) is 32.4 Å². The maximum Gasteiger partial charge on any atom is 0.288 e. The summed E-state index contributed by atoms with van der Waals surface area (Å²) in [6.45, 7) is 2.97. The smallest absolute Gasteiger partial charge is 0.288 e. The number of rotatable bonds is 4. The first-order valence-corrected chi connectivity index (χ1v) is 6.30. The zero-order valence-corrected chi connectivity index (χ0v) is 10.6. The van der Waals surface area contributed by atoms with Crippen LogP contribution in [0.1, 0.15) is 29.9 Å². The molecule has 0 bridgehead atoms. The van der Waals surface area contributed by atoms with Crippen molar-refractivity contribution in [1.29, 1.82) is 0 Å². The molecule has 0 atom stereocenters. The number of carbonyl (C=O) groups excluding carboxylic acids is 1. The largest absolute Gasteiger partial charge is 0.366 e. The van der Waals surface area contributed by atoms with Crippen LogP contribution in [0.25, 0.3) is 0 Å². The molecular formula is C11H20N6O. The Morgan fingerprint density at radius 2 is 2.28 bits per heavy atom. The van der Waals surface area contributed by atoms with E-state index in [0.717, 1.165) is 19.5 Å². The lowest BCUT2D eigenvalue weighted by Crippen LogP contribution is -2.33. The number of carbonyl (C=O) groups is 1. The predicted molar refractivity (Wildman–Crippen MR) is 68.0 cm³/mol. The van der Waals surface area contributed by atoms with Crippen LogP contribution < -0.4 is 11.1 Å². The average Bonchev–Trinajstić information content (AvgIpc) is 2.78. The lowest BCUT2D eigenvalue weighted by Gasteiger charge is -2.28. The van der Waals surface area contributed by atoms with E-state index in [4.69, 9.17) is 5.73 Å². The summed E-state index contributed by atoms with van der Waals surface area (Å²) in [5.74, 6) is 0.736. The first-order valence-electron chi connectivity index (χ1n) is 6.30. The molecule has 0 unspecified atom stereocenters. The SMILES string of the molecule is CN1CCC(CCNC(=O)c2nc(N)n[nH]2)CC1. The summed E-state index contributed by atoms with van der Waals surface area (Å²) in [6, 6.07) is 0. The predicted octanol–water partition coefficient (Wildman–Crippen LogP) is -0.151. The molecular weight excluding hydrogens is 232 g/mol. The van der Waals surface area contributed by atoms with Gasteiger partial charge >= 0.3 is 0 Å². The van der Waals surface area contributed by atoms with Crippen LogP contribution in [-0.2, 0) is 0 Å². The monoisotopic (exact) mass is 252 g/mol. The van der Waals surface area contributed by atoms with Gasteiger partial charge in [0.1, 0.15) is 0 Å². The van der Waals surface area contributed by atoms with Crippen molar-refractivity contribution in [2.24, 2.45) is 5.92 Å². The summed E-state index contributed by atoms with van der Waals surface area (Å²) in [7, 11) is 2.15. The van der Waals surface area contributed by atoms with E-state index in [0.29, 0.717) is 12.5 Å². The molecule has 1 amide bonds. The molecule has 18 heavy (non-hydrogen) atoms. The zero-order chi connectivity index (χ0) is 13.0. The second-order valence-corrected chi connectivity index (χ2v) is 4.83. The Morgan fingerprint density at radius 3 is 2.89 bits per heavy atom. The summed E-state index contributed by atoms with van der Waals surface area (Å²) in [6.07, 6.45) is 3.44. The first-order chi connectivity index (χ1) is 8.65. The number of H-pyrrole nitrogens is 1. The third-order valence-electron chi connectivity index (χ3n) is 3.39. The van der Waals surface area contributed by atoms with Crippen molar-refractivity contribution in [2.45, 2.75) is 19.3 Å². The molecule has 1 aliphatic heterocycles. The maximum absolute atomic E-state index is 11.6. The van der Waals surface area contributed by atoms with Gasteiger partial charge in [-0.05, 0) is 45.3 Å². The number of aromatic nitrogens is 3. The third kappa shape index (κ3) is 3.43. The number of hydrogen-bond acceptors (Lipinski definition) is 5. The van der Waals surface area contributed by atoms with Gasteiger partial charge in [0, 0.05) is 6.54 Å². The number of nitrogens with zero attached hydrogens (tertiary/aromatic N) is 3. The van der Waals surface area contributed by atoms with Crippen molar-refractivity contribution >= 4 is 11.9 Å². The molecule has 2 rings (SSSR count). The third-order valence-corrected chi connectivity index (χ3v) is 3.39. The van der Waals surface area contributed by atoms with Gasteiger partial charge in [0.25, 0.3) is 5.91 Å². The summed E-state index contributed by atoms with van der Waals surface area (Å²) in [5, 5.41) is 8.94. The molecule has 2 heterocycles. The minimum Gasteiger partial charge on any atom is -0.366 e. The lowest BCUT2D eigenvalue weighted by atomic mass is 9.94. The summed E-state index contributed by atoms with van der Waals surface area (Å²) < 4.78 is 0. The first kappa shape index (κ1) is 12.8. The fraction of sp³-hybridized carbons (Fsp3) is 0.727. The normalized spacial score (nSPS) is 17.8. The van der Waals surface area contributed by atoms with E-state index in [9.17, 15) is 4.79 Å². The van der Waals surface area contributed by atoms with Crippen LogP contribution in [0.5, 0.6) is 0 Å². The highest BCUT2D eigenvalue weighted by Gasteiger charge is 2.17. The molecule has 4 N–H and O–H groups in total. The van der Waals surface area contributed by atoms with Crippen LogP contribution in [0.3, 0.4) is 0 Å². The highest BCUT2D eigenvalue weighted by molar-refractivity contribution is 5.90. The van der Waals surface area contributed by atoms with Crippen molar-refractivity contribution < 1.29 is 4.79 Å². The zero-order valence-electron chi connectivity index (χ0n) is 10.6. The highest BCUT2D eigenvalue weighted by atomic mass is 16.2. The second-order valence-electron chi connectivity index (χ2n) is 4.83. The van der Waals surface area contributed by atoms with Crippen molar-refractivity contribution in [3.63, 3.8) is 0 Å². The molecule has 0 aliphatic carbocycles. The Bertz CT molecular complexity index is 396. The van der Waals surface area contributed by atoms with E-state index in [1.807, 2.05) is 0 Å². The minimum absolute atomic E-state index is 0.0930. The molecule has 0 aromatic carbocycles. The minimum atomic E-state index is -0.243. The number of amides is 1. The summed E-state index contributed by atoms with van der Waals surface area (Å²) in [4.78, 5) is 17.8. The molecule has 1 aromatic rings. The number of anilines is 1. The van der Waals surface area contributed by atoms with Crippen molar-refractivity contribution in [3.8, 4) is 0 Å². The van der Waals surface area contributed by atoms with E-state index >= 15 is 0 Å². The van der Waals surface area contributed by atoms with Crippen LogP contribution in [0.4, 0.5) is 5.95 Å². The topological polar surface area (TPSA) is 99.9 Å². The van der Waals surface area contributed by atoms with Gasteiger partial charge in [0.2, 0.25) is 11.8 Å². The Labute approximate surface area is 106 Å². The molecule has 1 aromatic heterocycles.